The quantitative estimate of drug-likeness (QED) is 0.307. The highest BCUT2D eigenvalue weighted by atomic mass is 16.5. The zero-order chi connectivity index (χ0) is 21.0. The standard InChI is InChI=1S/C21H21N3O5/c1-2-14-19(20(23-28)21(22)27)18-15(9-6-10-16(18)29-12-17(25)26)24(14)11-13-7-4-3-5-8-13/h3-10,28H,2,11-12H2,1H3,(H2,22,27)(H,25,26). The Hall–Kier alpha value is -3.81. The fourth-order valence-corrected chi connectivity index (χ4v) is 3.47. The highest BCUT2D eigenvalue weighted by Gasteiger charge is 2.26. The highest BCUT2D eigenvalue weighted by Crippen LogP contribution is 2.35. The average Bonchev–Trinajstić information content (AvgIpc) is 3.01. The molecule has 0 unspecified atom stereocenters. The first-order valence-corrected chi connectivity index (χ1v) is 9.02. The minimum absolute atomic E-state index is 0.267. The highest BCUT2D eigenvalue weighted by molar-refractivity contribution is 6.47. The van der Waals surface area contributed by atoms with E-state index in [9.17, 15) is 14.8 Å². The van der Waals surface area contributed by atoms with Gasteiger partial charge in [-0.2, -0.15) is 0 Å². The van der Waals surface area contributed by atoms with E-state index < -0.39 is 18.5 Å². The van der Waals surface area contributed by atoms with E-state index in [-0.39, 0.29) is 11.5 Å². The smallest absolute Gasteiger partial charge is 0.341 e. The number of aliphatic carboxylic acids is 1. The summed E-state index contributed by atoms with van der Waals surface area (Å²) < 4.78 is 7.45. The van der Waals surface area contributed by atoms with Crippen molar-refractivity contribution in [2.24, 2.45) is 10.9 Å². The van der Waals surface area contributed by atoms with E-state index in [1.807, 2.05) is 47.9 Å². The third-order valence-electron chi connectivity index (χ3n) is 4.60. The molecule has 0 aliphatic carbocycles. The number of benzene rings is 2. The Labute approximate surface area is 166 Å². The molecule has 1 heterocycles. The van der Waals surface area contributed by atoms with Crippen molar-refractivity contribution in [3.63, 3.8) is 0 Å². The van der Waals surface area contributed by atoms with Gasteiger partial charge < -0.3 is 25.4 Å². The van der Waals surface area contributed by atoms with Crippen molar-refractivity contribution in [1.29, 1.82) is 0 Å². The molecule has 4 N–H and O–H groups in total. The number of amides is 1. The Bertz CT molecular complexity index is 1090. The molecule has 2 aromatic carbocycles. The number of nitrogens with zero attached hydrogens (tertiary/aromatic N) is 2. The third kappa shape index (κ3) is 3.91. The monoisotopic (exact) mass is 395 g/mol. The van der Waals surface area contributed by atoms with Crippen LogP contribution in [0.1, 0.15) is 23.7 Å². The fourth-order valence-electron chi connectivity index (χ4n) is 3.47. The minimum Gasteiger partial charge on any atom is -0.481 e. The van der Waals surface area contributed by atoms with Crippen LogP contribution in [0.15, 0.2) is 53.7 Å². The lowest BCUT2D eigenvalue weighted by Crippen LogP contribution is -2.25. The molecule has 0 aliphatic heterocycles. The number of rotatable bonds is 8. The van der Waals surface area contributed by atoms with Crippen LogP contribution in [0.25, 0.3) is 10.9 Å². The van der Waals surface area contributed by atoms with Gasteiger partial charge in [0.25, 0.3) is 5.91 Å². The Morgan fingerprint density at radius 3 is 2.45 bits per heavy atom. The molecule has 1 amide bonds. The minimum atomic E-state index is -1.13. The second-order valence-electron chi connectivity index (χ2n) is 6.39. The van der Waals surface area contributed by atoms with Crippen LogP contribution >= 0.6 is 0 Å². The number of hydrogen-bond donors (Lipinski definition) is 3. The summed E-state index contributed by atoms with van der Waals surface area (Å²) in [5.74, 6) is -1.76. The molecule has 0 bridgehead atoms. The molecule has 0 spiro atoms. The molecule has 8 heteroatoms. The van der Waals surface area contributed by atoms with Gasteiger partial charge in [0.05, 0.1) is 10.9 Å². The average molecular weight is 395 g/mol. The lowest BCUT2D eigenvalue weighted by atomic mass is 10.0. The van der Waals surface area contributed by atoms with Gasteiger partial charge in [-0.05, 0) is 24.1 Å². The molecule has 0 atom stereocenters. The van der Waals surface area contributed by atoms with Crippen LogP contribution in [0.4, 0.5) is 0 Å². The van der Waals surface area contributed by atoms with Crippen molar-refractivity contribution in [3.8, 4) is 5.75 Å². The molecule has 8 nitrogen and oxygen atoms in total. The second-order valence-corrected chi connectivity index (χ2v) is 6.39. The topological polar surface area (TPSA) is 127 Å². The Kier molecular flexibility index (Phi) is 5.82. The van der Waals surface area contributed by atoms with E-state index in [0.717, 1.165) is 11.3 Å². The van der Waals surface area contributed by atoms with Gasteiger partial charge in [0.2, 0.25) is 0 Å². The number of fused-ring (bicyclic) bond motifs is 1. The number of hydrogen-bond acceptors (Lipinski definition) is 5. The molecule has 3 rings (SSSR count). The van der Waals surface area contributed by atoms with Gasteiger partial charge in [0.15, 0.2) is 12.3 Å². The van der Waals surface area contributed by atoms with Crippen LogP contribution in [0, 0.1) is 0 Å². The van der Waals surface area contributed by atoms with E-state index in [0.29, 0.717) is 29.4 Å². The maximum absolute atomic E-state index is 12.0. The Morgan fingerprint density at radius 1 is 1.14 bits per heavy atom. The maximum Gasteiger partial charge on any atom is 0.341 e. The van der Waals surface area contributed by atoms with Gasteiger partial charge >= 0.3 is 5.97 Å². The predicted molar refractivity (Wildman–Crippen MR) is 108 cm³/mol. The van der Waals surface area contributed by atoms with Crippen molar-refractivity contribution >= 4 is 28.5 Å². The summed E-state index contributed by atoms with van der Waals surface area (Å²) in [5.41, 5.74) is 7.96. The van der Waals surface area contributed by atoms with E-state index in [1.54, 1.807) is 12.1 Å². The van der Waals surface area contributed by atoms with Crippen molar-refractivity contribution in [3.05, 3.63) is 65.4 Å². The van der Waals surface area contributed by atoms with Gasteiger partial charge in [0, 0.05) is 17.8 Å². The number of ether oxygens (including phenoxy) is 1. The van der Waals surface area contributed by atoms with Gasteiger partial charge in [-0.1, -0.05) is 48.5 Å². The van der Waals surface area contributed by atoms with E-state index >= 15 is 0 Å². The van der Waals surface area contributed by atoms with Crippen LogP contribution < -0.4 is 10.5 Å². The van der Waals surface area contributed by atoms with Crippen molar-refractivity contribution in [1.82, 2.24) is 4.57 Å². The number of carboxylic acids is 1. The Morgan fingerprint density at radius 2 is 1.86 bits per heavy atom. The number of aromatic nitrogens is 1. The summed E-state index contributed by atoms with van der Waals surface area (Å²) in [5, 5.41) is 22.1. The molecule has 3 aromatic rings. The molecule has 0 radical (unpaired) electrons. The van der Waals surface area contributed by atoms with Gasteiger partial charge in [-0.15, -0.1) is 0 Å². The SMILES string of the molecule is CCc1c(C(=NO)C(N)=O)c2c(OCC(=O)O)cccc2n1Cc1ccccc1. The summed E-state index contributed by atoms with van der Waals surface area (Å²) in [6.45, 7) is 1.86. The summed E-state index contributed by atoms with van der Waals surface area (Å²) in [6, 6.07) is 14.9. The predicted octanol–water partition coefficient (Wildman–Crippen LogP) is 2.38. The summed E-state index contributed by atoms with van der Waals surface area (Å²) >= 11 is 0. The van der Waals surface area contributed by atoms with Crippen LogP contribution in [-0.2, 0) is 22.6 Å². The summed E-state index contributed by atoms with van der Waals surface area (Å²) in [4.78, 5) is 23.0. The number of nitrogens with two attached hydrogens (primary N) is 1. The first-order chi connectivity index (χ1) is 14.0. The lowest BCUT2D eigenvalue weighted by Gasteiger charge is -2.11. The number of carbonyl (C=O) groups excluding carboxylic acids is 1. The molecule has 1 aromatic heterocycles. The van der Waals surface area contributed by atoms with Gasteiger partial charge in [-0.3, -0.25) is 4.79 Å². The summed E-state index contributed by atoms with van der Waals surface area (Å²) in [6.07, 6.45) is 0.515. The number of carboxylic acid groups (broad SMARTS) is 1. The molecule has 29 heavy (non-hydrogen) atoms. The normalized spacial score (nSPS) is 11.6. The van der Waals surface area contributed by atoms with E-state index in [4.69, 9.17) is 15.6 Å². The molecule has 0 saturated carbocycles. The Balaban J connectivity index is 2.32. The maximum atomic E-state index is 12.0. The second kappa shape index (κ2) is 8.47. The number of oxime groups is 1. The van der Waals surface area contributed by atoms with Crippen LogP contribution in [0.5, 0.6) is 5.75 Å². The lowest BCUT2D eigenvalue weighted by molar-refractivity contribution is -0.139. The van der Waals surface area contributed by atoms with E-state index in [1.165, 1.54) is 0 Å². The van der Waals surface area contributed by atoms with Crippen LogP contribution in [0.3, 0.4) is 0 Å². The summed E-state index contributed by atoms with van der Waals surface area (Å²) in [7, 11) is 0. The van der Waals surface area contributed by atoms with Gasteiger partial charge in [0.1, 0.15) is 5.75 Å². The van der Waals surface area contributed by atoms with Gasteiger partial charge in [-0.25, -0.2) is 4.79 Å². The number of primary amides is 1. The third-order valence-corrected chi connectivity index (χ3v) is 4.60. The zero-order valence-corrected chi connectivity index (χ0v) is 15.8. The van der Waals surface area contributed by atoms with Crippen molar-refractivity contribution < 1.29 is 24.6 Å². The van der Waals surface area contributed by atoms with Crippen molar-refractivity contribution in [2.75, 3.05) is 6.61 Å². The number of carbonyl (C=O) groups is 2. The van der Waals surface area contributed by atoms with E-state index in [2.05, 4.69) is 5.16 Å². The molecule has 0 fully saturated rings. The zero-order valence-electron chi connectivity index (χ0n) is 15.8. The molecule has 0 saturated heterocycles. The largest absolute Gasteiger partial charge is 0.481 e. The molecule has 150 valence electrons. The first kappa shape index (κ1) is 19.9. The first-order valence-electron chi connectivity index (χ1n) is 9.02. The van der Waals surface area contributed by atoms with Crippen LogP contribution in [0.2, 0.25) is 0 Å². The van der Waals surface area contributed by atoms with Crippen molar-refractivity contribution in [2.45, 2.75) is 19.9 Å². The molecule has 0 aliphatic rings. The van der Waals surface area contributed by atoms with Crippen LogP contribution in [-0.4, -0.2) is 39.1 Å². The fraction of sp³-hybridized carbons (Fsp3) is 0.190. The molecular weight excluding hydrogens is 374 g/mol. The molecular formula is C21H21N3O5.